The minimum atomic E-state index is 0.805. The largest absolute Gasteiger partial charge is 0.380 e. The average Bonchev–Trinajstić information content (AvgIpc) is 3.23. The number of anilines is 1. The van der Waals surface area contributed by atoms with Crippen molar-refractivity contribution in [1.82, 2.24) is 14.8 Å². The van der Waals surface area contributed by atoms with Crippen molar-refractivity contribution in [1.29, 1.82) is 0 Å². The second kappa shape index (κ2) is 9.04. The molecule has 0 amide bonds. The predicted molar refractivity (Wildman–Crippen MR) is 121 cm³/mol. The van der Waals surface area contributed by atoms with E-state index >= 15 is 0 Å². The van der Waals surface area contributed by atoms with Gasteiger partial charge < -0.3 is 9.64 Å². The van der Waals surface area contributed by atoms with Crippen molar-refractivity contribution < 1.29 is 4.74 Å². The Morgan fingerprint density at radius 3 is 2.43 bits per heavy atom. The third-order valence-corrected chi connectivity index (χ3v) is 7.31. The van der Waals surface area contributed by atoms with Gasteiger partial charge >= 0.3 is 0 Å². The number of hydrogen-bond acceptors (Lipinski definition) is 5. The van der Waals surface area contributed by atoms with Crippen molar-refractivity contribution in [3.63, 3.8) is 0 Å². The molecule has 2 aromatic rings. The zero-order valence-corrected chi connectivity index (χ0v) is 18.1. The van der Waals surface area contributed by atoms with Gasteiger partial charge in [0.25, 0.3) is 0 Å². The van der Waals surface area contributed by atoms with Crippen LogP contribution in [0.15, 0.2) is 48.7 Å². The molecule has 1 saturated carbocycles. The highest BCUT2D eigenvalue weighted by molar-refractivity contribution is 5.38. The molecule has 1 aromatic heterocycles. The highest BCUT2D eigenvalue weighted by atomic mass is 16.5. The summed E-state index contributed by atoms with van der Waals surface area (Å²) in [5.41, 5.74) is 2.90. The van der Waals surface area contributed by atoms with Gasteiger partial charge in [-0.2, -0.15) is 0 Å². The fraction of sp³-hybridized carbons (Fsp3) is 0.560. The molecule has 0 bridgehead atoms. The van der Waals surface area contributed by atoms with Gasteiger partial charge in [0, 0.05) is 58.6 Å². The molecule has 5 rings (SSSR count). The first-order valence-electron chi connectivity index (χ1n) is 11.5. The van der Waals surface area contributed by atoms with Crippen LogP contribution in [0.3, 0.4) is 0 Å². The molecule has 5 nitrogen and oxygen atoms in total. The van der Waals surface area contributed by atoms with E-state index in [0.717, 1.165) is 76.1 Å². The number of likely N-dealkylation sites (tertiary alicyclic amines) is 1. The van der Waals surface area contributed by atoms with Crippen LogP contribution in [0.25, 0.3) is 0 Å². The molecule has 1 aliphatic carbocycles. The van der Waals surface area contributed by atoms with Gasteiger partial charge in [0.1, 0.15) is 5.82 Å². The first-order valence-corrected chi connectivity index (χ1v) is 11.5. The molecular weight excluding hydrogens is 372 g/mol. The van der Waals surface area contributed by atoms with Crippen LogP contribution in [0.2, 0.25) is 0 Å². The third kappa shape index (κ3) is 4.53. The van der Waals surface area contributed by atoms with E-state index in [2.05, 4.69) is 63.0 Å². The normalized spacial score (nSPS) is 26.7. The van der Waals surface area contributed by atoms with Crippen LogP contribution in [0, 0.1) is 24.7 Å². The summed E-state index contributed by atoms with van der Waals surface area (Å²) < 4.78 is 6.09. The summed E-state index contributed by atoms with van der Waals surface area (Å²) in [6.07, 6.45) is 1.88. The lowest BCUT2D eigenvalue weighted by Crippen LogP contribution is -2.47. The molecule has 2 unspecified atom stereocenters. The number of aryl methyl sites for hydroxylation is 1. The molecule has 0 spiro atoms. The molecule has 160 valence electrons. The zero-order valence-electron chi connectivity index (χ0n) is 18.1. The van der Waals surface area contributed by atoms with Crippen LogP contribution in [0.1, 0.15) is 11.1 Å². The van der Waals surface area contributed by atoms with Gasteiger partial charge in [0.15, 0.2) is 0 Å². The van der Waals surface area contributed by atoms with Gasteiger partial charge in [-0.3, -0.25) is 9.80 Å². The van der Waals surface area contributed by atoms with E-state index in [9.17, 15) is 0 Å². The smallest absolute Gasteiger partial charge is 0.128 e. The quantitative estimate of drug-likeness (QED) is 0.630. The van der Waals surface area contributed by atoms with Crippen molar-refractivity contribution >= 4 is 5.82 Å². The lowest BCUT2D eigenvalue weighted by atomic mass is 10.1. The van der Waals surface area contributed by atoms with Gasteiger partial charge in [-0.05, 0) is 47.9 Å². The van der Waals surface area contributed by atoms with Gasteiger partial charge in [0.2, 0.25) is 0 Å². The zero-order chi connectivity index (χ0) is 20.3. The Morgan fingerprint density at radius 1 is 0.933 bits per heavy atom. The van der Waals surface area contributed by atoms with E-state index < -0.39 is 0 Å². The number of piperidine rings is 1. The van der Waals surface area contributed by atoms with Gasteiger partial charge in [-0.25, -0.2) is 4.98 Å². The molecule has 30 heavy (non-hydrogen) atoms. The third-order valence-electron chi connectivity index (χ3n) is 7.31. The lowest BCUT2D eigenvalue weighted by molar-refractivity contribution is 0.0841. The van der Waals surface area contributed by atoms with Crippen LogP contribution in [0.4, 0.5) is 5.82 Å². The molecule has 0 N–H and O–H groups in total. The van der Waals surface area contributed by atoms with E-state index in [1.807, 2.05) is 12.3 Å². The van der Waals surface area contributed by atoms with E-state index in [1.165, 1.54) is 24.2 Å². The van der Waals surface area contributed by atoms with E-state index in [4.69, 9.17) is 4.74 Å². The number of pyridine rings is 1. The number of nitrogens with zero attached hydrogens (tertiary/aromatic N) is 4. The second-order valence-electron chi connectivity index (χ2n) is 9.20. The molecule has 0 radical (unpaired) electrons. The topological polar surface area (TPSA) is 31.8 Å². The van der Waals surface area contributed by atoms with Gasteiger partial charge in [0.05, 0.1) is 13.2 Å². The van der Waals surface area contributed by atoms with Crippen LogP contribution in [-0.4, -0.2) is 73.8 Å². The minimum Gasteiger partial charge on any atom is -0.380 e. The summed E-state index contributed by atoms with van der Waals surface area (Å²) in [6, 6.07) is 14.9. The molecule has 3 aliphatic rings. The van der Waals surface area contributed by atoms with Crippen molar-refractivity contribution in [3.05, 3.63) is 59.8 Å². The second-order valence-corrected chi connectivity index (χ2v) is 9.20. The molecule has 2 atom stereocenters. The number of fused-ring (bicyclic) bond motifs is 1. The van der Waals surface area contributed by atoms with Crippen molar-refractivity contribution in [2.24, 2.45) is 17.8 Å². The Bertz CT molecular complexity index is 809. The molecule has 3 fully saturated rings. The fourth-order valence-electron chi connectivity index (χ4n) is 5.30. The lowest BCUT2D eigenvalue weighted by Gasteiger charge is -2.35. The van der Waals surface area contributed by atoms with E-state index in [-0.39, 0.29) is 0 Å². The highest BCUT2D eigenvalue weighted by Crippen LogP contribution is 2.52. The van der Waals surface area contributed by atoms with Crippen LogP contribution < -0.4 is 4.90 Å². The molecule has 2 aliphatic heterocycles. The van der Waals surface area contributed by atoms with Gasteiger partial charge in [-0.15, -0.1) is 0 Å². The number of ether oxygens (including phenoxy) is 1. The van der Waals surface area contributed by atoms with E-state index in [1.54, 1.807) is 0 Å². The average molecular weight is 407 g/mol. The predicted octanol–water partition coefficient (Wildman–Crippen LogP) is 2.91. The first kappa shape index (κ1) is 20.0. The summed E-state index contributed by atoms with van der Waals surface area (Å²) in [6.45, 7) is 13.0. The Hall–Kier alpha value is -1.95. The van der Waals surface area contributed by atoms with Crippen molar-refractivity contribution in [2.45, 2.75) is 13.5 Å². The number of piperazine rings is 1. The molecule has 2 saturated heterocycles. The standard InChI is InChI=1S/C25H34N4O/c1-20-6-2-3-7-21(20)16-28-17-22-23(18-28)24(22)19-30-15-14-27-10-12-29(13-11-27)25-8-4-5-9-26-25/h2-9,22-24H,10-19H2,1H3. The number of rotatable bonds is 8. The highest BCUT2D eigenvalue weighted by Gasteiger charge is 2.55. The molecular formula is C25H34N4O. The summed E-state index contributed by atoms with van der Waals surface area (Å²) in [4.78, 5) is 12.0. The number of benzene rings is 1. The number of hydrogen-bond donors (Lipinski definition) is 0. The SMILES string of the molecule is Cc1ccccc1CN1CC2C(COCCN3CCN(c4ccccn4)CC3)C2C1. The maximum atomic E-state index is 6.09. The maximum absolute atomic E-state index is 6.09. The molecule has 1 aromatic carbocycles. The fourth-order valence-corrected chi connectivity index (χ4v) is 5.30. The van der Waals surface area contributed by atoms with Crippen molar-refractivity contribution in [3.8, 4) is 0 Å². The number of aromatic nitrogens is 1. The minimum absolute atomic E-state index is 0.805. The van der Waals surface area contributed by atoms with Crippen LogP contribution >= 0.6 is 0 Å². The van der Waals surface area contributed by atoms with Crippen molar-refractivity contribution in [2.75, 3.05) is 63.9 Å². The Morgan fingerprint density at radius 2 is 1.70 bits per heavy atom. The summed E-state index contributed by atoms with van der Waals surface area (Å²) in [7, 11) is 0. The first-order chi connectivity index (χ1) is 14.8. The molecule has 3 heterocycles. The Balaban J connectivity index is 0.956. The van der Waals surface area contributed by atoms with Crippen LogP contribution in [0.5, 0.6) is 0 Å². The summed E-state index contributed by atoms with van der Waals surface area (Å²) in [5, 5.41) is 0. The summed E-state index contributed by atoms with van der Waals surface area (Å²) in [5.74, 6) is 3.65. The van der Waals surface area contributed by atoms with Gasteiger partial charge in [-0.1, -0.05) is 30.3 Å². The Labute approximate surface area is 180 Å². The Kier molecular flexibility index (Phi) is 6.02. The summed E-state index contributed by atoms with van der Waals surface area (Å²) >= 11 is 0. The monoisotopic (exact) mass is 406 g/mol. The maximum Gasteiger partial charge on any atom is 0.128 e. The van der Waals surface area contributed by atoms with Crippen LogP contribution in [-0.2, 0) is 11.3 Å². The molecule has 5 heteroatoms. The van der Waals surface area contributed by atoms with E-state index in [0.29, 0.717) is 0 Å².